The lowest BCUT2D eigenvalue weighted by molar-refractivity contribution is -0.384. The van der Waals surface area contributed by atoms with Crippen LogP contribution < -0.4 is 5.32 Å². The van der Waals surface area contributed by atoms with E-state index in [2.05, 4.69) is 10.1 Å². The summed E-state index contributed by atoms with van der Waals surface area (Å²) in [6.45, 7) is 1.39. The predicted octanol–water partition coefficient (Wildman–Crippen LogP) is 3.79. The van der Waals surface area contributed by atoms with Crippen LogP contribution >= 0.6 is 23.2 Å². The van der Waals surface area contributed by atoms with Crippen LogP contribution in [0.4, 0.5) is 11.4 Å². The summed E-state index contributed by atoms with van der Waals surface area (Å²) >= 11 is 12.0. The van der Waals surface area contributed by atoms with E-state index in [9.17, 15) is 24.5 Å². The molecule has 0 heterocycles. The van der Waals surface area contributed by atoms with Gasteiger partial charge < -0.3 is 15.0 Å². The van der Waals surface area contributed by atoms with E-state index in [1.165, 1.54) is 6.07 Å². The third kappa shape index (κ3) is 5.46. The highest BCUT2D eigenvalue weighted by atomic mass is 35.5. The molecule has 0 unspecified atom stereocenters. The summed E-state index contributed by atoms with van der Waals surface area (Å²) in [4.78, 5) is 48.6. The first-order valence-corrected chi connectivity index (χ1v) is 9.34. The molecule has 2 amide bonds. The SMILES string of the molecule is CCN(CC(=O)Nc1c(Cl)cccc1Cl)C(=O)c1cc(C(=O)OC)cc([N+](=O)[O-])c1. The molecule has 0 saturated heterocycles. The van der Waals surface area contributed by atoms with Crippen LogP contribution in [0.15, 0.2) is 36.4 Å². The molecule has 0 fully saturated rings. The fourth-order valence-corrected chi connectivity index (χ4v) is 3.05. The maximum atomic E-state index is 12.9. The zero-order valence-corrected chi connectivity index (χ0v) is 17.5. The van der Waals surface area contributed by atoms with Crippen molar-refractivity contribution in [1.29, 1.82) is 0 Å². The number of nitrogens with one attached hydrogen (secondary N) is 1. The van der Waals surface area contributed by atoms with Crippen LogP contribution in [-0.2, 0) is 9.53 Å². The van der Waals surface area contributed by atoms with Crippen LogP contribution in [0.25, 0.3) is 0 Å². The normalized spacial score (nSPS) is 10.3. The molecule has 30 heavy (non-hydrogen) atoms. The van der Waals surface area contributed by atoms with Gasteiger partial charge in [0.15, 0.2) is 0 Å². The number of ether oxygens (including phenoxy) is 1. The fraction of sp³-hybridized carbons (Fsp3) is 0.211. The van der Waals surface area contributed by atoms with Crippen molar-refractivity contribution in [2.45, 2.75) is 6.92 Å². The maximum absolute atomic E-state index is 12.9. The fourth-order valence-electron chi connectivity index (χ4n) is 2.56. The van der Waals surface area contributed by atoms with E-state index in [1.54, 1.807) is 25.1 Å². The van der Waals surface area contributed by atoms with Gasteiger partial charge in [0, 0.05) is 24.2 Å². The number of non-ortho nitro benzene ring substituents is 1. The number of carbonyl (C=O) groups excluding carboxylic acids is 3. The Hall–Kier alpha value is -3.17. The molecule has 0 bridgehead atoms. The first kappa shape index (κ1) is 23.1. The van der Waals surface area contributed by atoms with Gasteiger partial charge in [0.2, 0.25) is 5.91 Å². The Kier molecular flexibility index (Phi) is 7.73. The number of halogens is 2. The summed E-state index contributed by atoms with van der Waals surface area (Å²) < 4.78 is 4.57. The van der Waals surface area contributed by atoms with E-state index in [4.69, 9.17) is 23.2 Å². The molecule has 0 saturated carbocycles. The standard InChI is InChI=1S/C19H17Cl2N3O6/c1-3-23(10-16(25)22-17-14(20)5-4-6-15(17)21)18(26)11-7-12(19(27)30-2)9-13(8-11)24(28)29/h4-9H,3,10H2,1-2H3,(H,22,25). The molecule has 0 aliphatic heterocycles. The minimum atomic E-state index is -0.832. The van der Waals surface area contributed by atoms with Crippen LogP contribution in [-0.4, -0.2) is 47.8 Å². The number of hydrogen-bond donors (Lipinski definition) is 1. The van der Waals surface area contributed by atoms with Crippen molar-refractivity contribution in [3.8, 4) is 0 Å². The van der Waals surface area contributed by atoms with E-state index in [0.717, 1.165) is 24.1 Å². The van der Waals surface area contributed by atoms with Gasteiger partial charge in [0.25, 0.3) is 11.6 Å². The van der Waals surface area contributed by atoms with Crippen molar-refractivity contribution in [1.82, 2.24) is 4.90 Å². The van der Waals surface area contributed by atoms with E-state index in [-0.39, 0.29) is 39.9 Å². The first-order chi connectivity index (χ1) is 14.2. The number of hydrogen-bond acceptors (Lipinski definition) is 6. The van der Waals surface area contributed by atoms with E-state index >= 15 is 0 Å². The third-order valence-electron chi connectivity index (χ3n) is 4.03. The van der Waals surface area contributed by atoms with Gasteiger partial charge in [-0.05, 0) is 25.1 Å². The number of rotatable bonds is 7. The Balaban J connectivity index is 2.27. The highest BCUT2D eigenvalue weighted by Crippen LogP contribution is 2.29. The van der Waals surface area contributed by atoms with Gasteiger partial charge in [-0.15, -0.1) is 0 Å². The summed E-state index contributed by atoms with van der Waals surface area (Å²) in [5.74, 6) is -2.08. The van der Waals surface area contributed by atoms with Gasteiger partial charge in [-0.2, -0.15) is 0 Å². The molecule has 0 atom stereocenters. The van der Waals surface area contributed by atoms with Crippen molar-refractivity contribution < 1.29 is 24.0 Å². The van der Waals surface area contributed by atoms with Crippen LogP contribution in [0.2, 0.25) is 10.0 Å². The molecule has 0 radical (unpaired) electrons. The van der Waals surface area contributed by atoms with Crippen molar-refractivity contribution >= 4 is 52.4 Å². The second-order valence-corrected chi connectivity index (χ2v) is 6.80. The average Bonchev–Trinajstić information content (AvgIpc) is 2.73. The lowest BCUT2D eigenvalue weighted by atomic mass is 10.1. The van der Waals surface area contributed by atoms with Crippen LogP contribution in [0, 0.1) is 10.1 Å². The highest BCUT2D eigenvalue weighted by Gasteiger charge is 2.23. The lowest BCUT2D eigenvalue weighted by Crippen LogP contribution is -2.38. The van der Waals surface area contributed by atoms with Crippen LogP contribution in [0.1, 0.15) is 27.6 Å². The zero-order chi connectivity index (χ0) is 22.4. The molecular weight excluding hydrogens is 437 g/mol. The molecule has 0 aliphatic rings. The smallest absolute Gasteiger partial charge is 0.338 e. The molecule has 1 N–H and O–H groups in total. The monoisotopic (exact) mass is 453 g/mol. The highest BCUT2D eigenvalue weighted by molar-refractivity contribution is 6.39. The lowest BCUT2D eigenvalue weighted by Gasteiger charge is -2.21. The van der Waals surface area contributed by atoms with Crippen molar-refractivity contribution in [3.05, 3.63) is 67.7 Å². The maximum Gasteiger partial charge on any atom is 0.338 e. The van der Waals surface area contributed by atoms with Crippen LogP contribution in [0.3, 0.4) is 0 Å². The Morgan fingerprint density at radius 1 is 1.13 bits per heavy atom. The number of carbonyl (C=O) groups is 3. The van der Waals surface area contributed by atoms with Gasteiger partial charge in [-0.25, -0.2) is 4.79 Å². The molecule has 9 nitrogen and oxygen atoms in total. The molecule has 158 valence electrons. The number of methoxy groups -OCH3 is 1. The number of nitro groups is 1. The number of amides is 2. The average molecular weight is 454 g/mol. The molecule has 0 spiro atoms. The Labute approximate surface area is 181 Å². The summed E-state index contributed by atoms with van der Waals surface area (Å²) in [5, 5.41) is 14.2. The first-order valence-electron chi connectivity index (χ1n) is 8.58. The zero-order valence-electron chi connectivity index (χ0n) is 16.0. The summed E-state index contributed by atoms with van der Waals surface area (Å²) in [6, 6.07) is 7.91. The summed E-state index contributed by atoms with van der Waals surface area (Å²) in [6.07, 6.45) is 0. The van der Waals surface area contributed by atoms with E-state index < -0.39 is 28.4 Å². The van der Waals surface area contributed by atoms with Gasteiger partial charge in [0.1, 0.15) is 6.54 Å². The molecule has 2 aromatic carbocycles. The van der Waals surface area contributed by atoms with Crippen LogP contribution in [0.5, 0.6) is 0 Å². The van der Waals surface area contributed by atoms with Crippen molar-refractivity contribution in [2.24, 2.45) is 0 Å². The predicted molar refractivity (Wildman–Crippen MR) is 111 cm³/mol. The van der Waals surface area contributed by atoms with Crippen molar-refractivity contribution in [3.63, 3.8) is 0 Å². The molecule has 11 heteroatoms. The number of anilines is 1. The largest absolute Gasteiger partial charge is 0.465 e. The van der Waals surface area contributed by atoms with E-state index in [0.29, 0.717) is 0 Å². The minimum absolute atomic E-state index is 0.124. The number of likely N-dealkylation sites (N-methyl/N-ethyl adjacent to an activating group) is 1. The van der Waals surface area contributed by atoms with E-state index in [1.807, 2.05) is 0 Å². The Morgan fingerprint density at radius 2 is 1.73 bits per heavy atom. The molecule has 0 aliphatic carbocycles. The molecule has 2 aromatic rings. The molecule has 2 rings (SSSR count). The minimum Gasteiger partial charge on any atom is -0.465 e. The van der Waals surface area contributed by atoms with Crippen molar-refractivity contribution in [2.75, 3.05) is 25.5 Å². The van der Waals surface area contributed by atoms with Gasteiger partial charge in [-0.1, -0.05) is 29.3 Å². The number of benzene rings is 2. The third-order valence-corrected chi connectivity index (χ3v) is 4.66. The molecule has 0 aromatic heterocycles. The summed E-state index contributed by atoms with van der Waals surface area (Å²) in [7, 11) is 1.12. The molecular formula is C19H17Cl2N3O6. The number of nitro benzene ring substituents is 1. The number of para-hydroxylation sites is 1. The number of nitrogens with zero attached hydrogens (tertiary/aromatic N) is 2. The van der Waals surface area contributed by atoms with Gasteiger partial charge in [-0.3, -0.25) is 19.7 Å². The van der Waals surface area contributed by atoms with Gasteiger partial charge in [0.05, 0.1) is 33.3 Å². The topological polar surface area (TPSA) is 119 Å². The Bertz CT molecular complexity index is 992. The quantitative estimate of drug-likeness (QED) is 0.386. The number of esters is 1. The summed E-state index contributed by atoms with van der Waals surface area (Å²) in [5.41, 5.74) is -0.532. The second-order valence-electron chi connectivity index (χ2n) is 5.98. The Morgan fingerprint density at radius 3 is 2.27 bits per heavy atom. The second kappa shape index (κ2) is 10.0. The van der Waals surface area contributed by atoms with Gasteiger partial charge >= 0.3 is 5.97 Å².